The molecule has 1 heterocycles. The maximum absolute atomic E-state index is 12.0. The highest BCUT2D eigenvalue weighted by Gasteiger charge is 2.24. The first-order valence-corrected chi connectivity index (χ1v) is 8.64. The van der Waals surface area contributed by atoms with Crippen molar-refractivity contribution in [2.75, 3.05) is 26.2 Å². The van der Waals surface area contributed by atoms with Crippen LogP contribution in [0.2, 0.25) is 0 Å². The zero-order valence-corrected chi connectivity index (χ0v) is 13.3. The largest absolute Gasteiger partial charge is 0.355 e. The summed E-state index contributed by atoms with van der Waals surface area (Å²) in [6.07, 6.45) is 8.63. The third-order valence-corrected chi connectivity index (χ3v) is 5.45. The fraction of sp³-hybridized carbons (Fsp3) is 0.929. The van der Waals surface area contributed by atoms with Crippen molar-refractivity contribution in [1.29, 1.82) is 0 Å². The Kier molecular flexibility index (Phi) is 6.21. The molecule has 0 aromatic rings. The van der Waals surface area contributed by atoms with Crippen LogP contribution in [0, 0.1) is 5.92 Å². The summed E-state index contributed by atoms with van der Waals surface area (Å²) in [5.41, 5.74) is 0. The highest BCUT2D eigenvalue weighted by atomic mass is 127. The maximum Gasteiger partial charge on any atom is 0.223 e. The number of piperidine rings is 1. The number of hydrogen-bond acceptors (Lipinski definition) is 2. The Bertz CT molecular complexity index is 259. The number of carbonyl (C=O) groups excluding carboxylic acids is 1. The number of nitrogens with one attached hydrogen (secondary N) is 1. The molecule has 0 atom stereocenters. The minimum absolute atomic E-state index is 0.289. The molecule has 0 spiro atoms. The van der Waals surface area contributed by atoms with E-state index in [0.29, 0.717) is 5.91 Å². The molecule has 18 heavy (non-hydrogen) atoms. The number of likely N-dealkylation sites (tertiary alicyclic amines) is 1. The summed E-state index contributed by atoms with van der Waals surface area (Å²) in [5.74, 6) is 0.590. The fourth-order valence-electron chi connectivity index (χ4n) is 2.98. The lowest BCUT2D eigenvalue weighted by Gasteiger charge is -2.27. The van der Waals surface area contributed by atoms with E-state index < -0.39 is 0 Å². The average Bonchev–Trinajstić information content (AvgIpc) is 2.40. The van der Waals surface area contributed by atoms with Gasteiger partial charge in [0.15, 0.2) is 0 Å². The van der Waals surface area contributed by atoms with Crippen LogP contribution in [-0.2, 0) is 4.79 Å². The lowest BCUT2D eigenvalue weighted by molar-refractivity contribution is -0.125. The summed E-state index contributed by atoms with van der Waals surface area (Å²) in [4.78, 5) is 14.5. The molecule has 0 radical (unpaired) electrons. The van der Waals surface area contributed by atoms with Crippen LogP contribution in [0.3, 0.4) is 0 Å². The van der Waals surface area contributed by atoms with Crippen LogP contribution in [0.5, 0.6) is 0 Å². The second kappa shape index (κ2) is 7.68. The molecule has 1 aliphatic carbocycles. The summed E-state index contributed by atoms with van der Waals surface area (Å²) in [6.45, 7) is 4.31. The van der Waals surface area contributed by atoms with Crippen molar-refractivity contribution >= 4 is 28.5 Å². The predicted molar refractivity (Wildman–Crippen MR) is 83.1 cm³/mol. The molecule has 1 saturated carbocycles. The highest BCUT2D eigenvalue weighted by Crippen LogP contribution is 2.28. The van der Waals surface area contributed by atoms with Crippen molar-refractivity contribution < 1.29 is 4.79 Å². The van der Waals surface area contributed by atoms with Gasteiger partial charge in [0, 0.05) is 22.9 Å². The molecule has 0 bridgehead atoms. The van der Waals surface area contributed by atoms with Gasteiger partial charge in [0.2, 0.25) is 5.91 Å². The number of alkyl halides is 1. The lowest BCUT2D eigenvalue weighted by Crippen LogP contribution is -2.40. The second-order valence-corrected chi connectivity index (χ2v) is 7.40. The zero-order valence-electron chi connectivity index (χ0n) is 11.2. The quantitative estimate of drug-likeness (QED) is 0.614. The van der Waals surface area contributed by atoms with Crippen LogP contribution < -0.4 is 5.32 Å². The van der Waals surface area contributed by atoms with Crippen molar-refractivity contribution in [2.24, 2.45) is 5.92 Å². The molecule has 2 rings (SSSR count). The number of carbonyl (C=O) groups is 1. The van der Waals surface area contributed by atoms with Gasteiger partial charge in [-0.3, -0.25) is 4.79 Å². The third-order valence-electron chi connectivity index (χ3n) is 4.20. The molecule has 0 aromatic carbocycles. The first-order chi connectivity index (χ1) is 8.75. The van der Waals surface area contributed by atoms with Crippen molar-refractivity contribution in [3.8, 4) is 0 Å². The number of hydrogen-bond donors (Lipinski definition) is 1. The monoisotopic (exact) mass is 364 g/mol. The molecule has 0 unspecified atom stereocenters. The molecule has 3 nitrogen and oxygen atoms in total. The van der Waals surface area contributed by atoms with Crippen LogP contribution in [-0.4, -0.2) is 40.9 Å². The van der Waals surface area contributed by atoms with Crippen molar-refractivity contribution in [2.45, 2.75) is 48.9 Å². The second-order valence-electron chi connectivity index (χ2n) is 5.64. The first kappa shape index (κ1) is 14.6. The van der Waals surface area contributed by atoms with E-state index >= 15 is 0 Å². The molecule has 2 fully saturated rings. The standard InChI is InChI=1S/C14H25IN2O/c15-13-6-4-12(5-7-13)14(18)16-8-11-17-9-2-1-3-10-17/h12-13H,1-11H2,(H,16,18). The minimum atomic E-state index is 0.289. The van der Waals surface area contributed by atoms with Gasteiger partial charge in [-0.1, -0.05) is 29.0 Å². The van der Waals surface area contributed by atoms with Gasteiger partial charge in [-0.2, -0.15) is 0 Å². The van der Waals surface area contributed by atoms with Gasteiger partial charge in [-0.05, 0) is 51.6 Å². The van der Waals surface area contributed by atoms with E-state index in [-0.39, 0.29) is 5.92 Å². The van der Waals surface area contributed by atoms with E-state index in [1.54, 1.807) is 0 Å². The van der Waals surface area contributed by atoms with E-state index in [1.807, 2.05) is 0 Å². The summed E-state index contributed by atoms with van der Waals surface area (Å²) in [5, 5.41) is 3.13. The van der Waals surface area contributed by atoms with Gasteiger partial charge in [0.1, 0.15) is 0 Å². The van der Waals surface area contributed by atoms with E-state index in [1.165, 1.54) is 45.2 Å². The number of rotatable bonds is 4. The van der Waals surface area contributed by atoms with Crippen LogP contribution in [0.15, 0.2) is 0 Å². The zero-order chi connectivity index (χ0) is 12.8. The van der Waals surface area contributed by atoms with E-state index in [0.717, 1.165) is 29.9 Å². The van der Waals surface area contributed by atoms with E-state index in [9.17, 15) is 4.79 Å². The normalized spacial score (nSPS) is 30.1. The summed E-state index contributed by atoms with van der Waals surface area (Å²) in [6, 6.07) is 0. The van der Waals surface area contributed by atoms with Crippen molar-refractivity contribution in [3.05, 3.63) is 0 Å². The lowest BCUT2D eigenvalue weighted by atomic mass is 9.88. The maximum atomic E-state index is 12.0. The third kappa shape index (κ3) is 4.68. The molecule has 1 amide bonds. The van der Waals surface area contributed by atoms with E-state index in [4.69, 9.17) is 0 Å². The molecule has 104 valence electrons. The molecule has 1 N–H and O–H groups in total. The Morgan fingerprint density at radius 1 is 1.11 bits per heavy atom. The van der Waals surface area contributed by atoms with Gasteiger partial charge in [0.25, 0.3) is 0 Å². The van der Waals surface area contributed by atoms with Crippen molar-refractivity contribution in [3.63, 3.8) is 0 Å². The Hall–Kier alpha value is 0.160. The molecule has 4 heteroatoms. The van der Waals surface area contributed by atoms with E-state index in [2.05, 4.69) is 32.8 Å². The smallest absolute Gasteiger partial charge is 0.223 e. The predicted octanol–water partition coefficient (Wildman–Crippen LogP) is 2.58. The molecular formula is C14H25IN2O. The molecule has 2 aliphatic rings. The van der Waals surface area contributed by atoms with Crippen LogP contribution in [0.25, 0.3) is 0 Å². The van der Waals surface area contributed by atoms with Gasteiger partial charge in [-0.25, -0.2) is 0 Å². The van der Waals surface area contributed by atoms with Gasteiger partial charge >= 0.3 is 0 Å². The number of amides is 1. The number of halogens is 1. The van der Waals surface area contributed by atoms with Crippen LogP contribution in [0.4, 0.5) is 0 Å². The van der Waals surface area contributed by atoms with Gasteiger partial charge in [-0.15, -0.1) is 0 Å². The molecular weight excluding hydrogens is 339 g/mol. The summed E-state index contributed by atoms with van der Waals surface area (Å²) in [7, 11) is 0. The first-order valence-electron chi connectivity index (χ1n) is 7.40. The summed E-state index contributed by atoms with van der Waals surface area (Å²) >= 11 is 2.51. The van der Waals surface area contributed by atoms with Gasteiger partial charge < -0.3 is 10.2 Å². The molecule has 1 saturated heterocycles. The Morgan fingerprint density at radius 3 is 2.44 bits per heavy atom. The SMILES string of the molecule is O=C(NCCN1CCCCC1)C1CCC(I)CC1. The van der Waals surface area contributed by atoms with Crippen LogP contribution >= 0.6 is 22.6 Å². The topological polar surface area (TPSA) is 32.3 Å². The van der Waals surface area contributed by atoms with Crippen LogP contribution in [0.1, 0.15) is 44.9 Å². The number of nitrogens with zero attached hydrogens (tertiary/aromatic N) is 1. The molecule has 0 aromatic heterocycles. The Labute approximate surface area is 124 Å². The Morgan fingerprint density at radius 2 is 1.78 bits per heavy atom. The fourth-order valence-corrected chi connectivity index (χ4v) is 3.70. The van der Waals surface area contributed by atoms with Crippen molar-refractivity contribution in [1.82, 2.24) is 10.2 Å². The summed E-state index contributed by atoms with van der Waals surface area (Å²) < 4.78 is 0.792. The molecule has 1 aliphatic heterocycles. The highest BCUT2D eigenvalue weighted by molar-refractivity contribution is 14.1. The van der Waals surface area contributed by atoms with Gasteiger partial charge in [0.05, 0.1) is 0 Å². The average molecular weight is 364 g/mol. The Balaban J connectivity index is 1.59. The minimum Gasteiger partial charge on any atom is -0.355 e.